The third kappa shape index (κ3) is 4.70. The quantitative estimate of drug-likeness (QED) is 0.350. The van der Waals surface area contributed by atoms with Crippen LogP contribution in [0.3, 0.4) is 0 Å². The molecular formula is C20H19N3O6. The summed E-state index contributed by atoms with van der Waals surface area (Å²) in [7, 11) is 0. The molecule has 0 spiro atoms. The Morgan fingerprint density at radius 3 is 2.69 bits per heavy atom. The topological polar surface area (TPSA) is 116 Å². The van der Waals surface area contributed by atoms with Crippen LogP contribution in [0, 0.1) is 10.1 Å². The summed E-state index contributed by atoms with van der Waals surface area (Å²) in [5.74, 6) is 0.666. The number of furan rings is 1. The minimum atomic E-state index is -0.580. The fourth-order valence-electron chi connectivity index (χ4n) is 2.63. The number of ether oxygens (including phenoxy) is 2. The van der Waals surface area contributed by atoms with Crippen molar-refractivity contribution < 1.29 is 23.6 Å². The lowest BCUT2D eigenvalue weighted by molar-refractivity contribution is -0.384. The number of hydrogen-bond donors (Lipinski definition) is 1. The summed E-state index contributed by atoms with van der Waals surface area (Å²) in [6.07, 6.45) is 1.45. The fourth-order valence-corrected chi connectivity index (χ4v) is 2.63. The number of amides is 1. The van der Waals surface area contributed by atoms with E-state index < -0.39 is 10.8 Å². The third-order valence-electron chi connectivity index (χ3n) is 3.90. The number of rotatable bonds is 8. The fraction of sp³-hybridized carbons (Fsp3) is 0.200. The van der Waals surface area contributed by atoms with Gasteiger partial charge >= 0.3 is 5.91 Å². The van der Waals surface area contributed by atoms with Crippen LogP contribution >= 0.6 is 0 Å². The second-order valence-corrected chi connectivity index (χ2v) is 5.85. The van der Waals surface area contributed by atoms with Gasteiger partial charge < -0.3 is 13.9 Å². The Labute approximate surface area is 166 Å². The molecule has 9 heteroatoms. The molecule has 0 saturated carbocycles. The standard InChI is InChI=1S/C20H19N3O6/c1-3-27-16-7-5-13(18(11-16)28-4-2)12-21-22-20(24)19-10-14-9-15(23(25)26)6-8-17(14)29-19/h5-12H,3-4H2,1-2H3,(H,22,24)/b21-12-. The number of fused-ring (bicyclic) bond motifs is 1. The van der Waals surface area contributed by atoms with Crippen molar-refractivity contribution in [2.45, 2.75) is 13.8 Å². The molecule has 0 fully saturated rings. The van der Waals surface area contributed by atoms with Crippen LogP contribution < -0.4 is 14.9 Å². The van der Waals surface area contributed by atoms with E-state index in [2.05, 4.69) is 10.5 Å². The van der Waals surface area contributed by atoms with Gasteiger partial charge in [0.15, 0.2) is 5.76 Å². The molecule has 1 heterocycles. The van der Waals surface area contributed by atoms with Gasteiger partial charge in [0.25, 0.3) is 5.69 Å². The van der Waals surface area contributed by atoms with Crippen LogP contribution in [0.1, 0.15) is 30.0 Å². The smallest absolute Gasteiger partial charge is 0.307 e. The first-order valence-electron chi connectivity index (χ1n) is 8.92. The second-order valence-electron chi connectivity index (χ2n) is 5.85. The van der Waals surface area contributed by atoms with Crippen molar-refractivity contribution in [2.75, 3.05) is 13.2 Å². The van der Waals surface area contributed by atoms with E-state index in [1.165, 1.54) is 30.5 Å². The van der Waals surface area contributed by atoms with Gasteiger partial charge in [0.05, 0.1) is 24.4 Å². The van der Waals surface area contributed by atoms with Gasteiger partial charge in [0.2, 0.25) is 0 Å². The zero-order valence-corrected chi connectivity index (χ0v) is 15.9. The van der Waals surface area contributed by atoms with Crippen molar-refractivity contribution in [1.29, 1.82) is 0 Å². The van der Waals surface area contributed by atoms with Crippen molar-refractivity contribution in [3.8, 4) is 11.5 Å². The zero-order chi connectivity index (χ0) is 20.8. The Hall–Kier alpha value is -3.88. The van der Waals surface area contributed by atoms with E-state index in [4.69, 9.17) is 13.9 Å². The van der Waals surface area contributed by atoms with Gasteiger partial charge in [0.1, 0.15) is 17.1 Å². The number of nitrogens with one attached hydrogen (secondary N) is 1. The first kappa shape index (κ1) is 19.9. The van der Waals surface area contributed by atoms with Gasteiger partial charge in [-0.05, 0) is 38.1 Å². The maximum atomic E-state index is 12.3. The number of nitro groups is 1. The third-order valence-corrected chi connectivity index (χ3v) is 3.90. The largest absolute Gasteiger partial charge is 0.494 e. The minimum absolute atomic E-state index is 0.00521. The Morgan fingerprint density at radius 2 is 1.97 bits per heavy atom. The highest BCUT2D eigenvalue weighted by Crippen LogP contribution is 2.25. The van der Waals surface area contributed by atoms with Crippen LogP contribution in [0.25, 0.3) is 11.0 Å². The molecular weight excluding hydrogens is 378 g/mol. The second kappa shape index (κ2) is 8.87. The molecule has 0 saturated heterocycles. The van der Waals surface area contributed by atoms with E-state index in [-0.39, 0.29) is 11.4 Å². The zero-order valence-electron chi connectivity index (χ0n) is 15.9. The molecule has 3 rings (SSSR count). The molecule has 150 valence electrons. The SMILES string of the molecule is CCOc1ccc(/C=N\NC(=O)c2cc3cc([N+](=O)[O-])ccc3o2)c(OCC)c1. The summed E-state index contributed by atoms with van der Waals surface area (Å²) in [6.45, 7) is 4.76. The lowest BCUT2D eigenvalue weighted by Crippen LogP contribution is -2.16. The van der Waals surface area contributed by atoms with Gasteiger partial charge in [-0.1, -0.05) is 0 Å². The monoisotopic (exact) mass is 397 g/mol. The molecule has 1 aromatic heterocycles. The molecule has 1 amide bonds. The molecule has 29 heavy (non-hydrogen) atoms. The lowest BCUT2D eigenvalue weighted by Gasteiger charge is -2.09. The number of non-ortho nitro benzene ring substituents is 1. The minimum Gasteiger partial charge on any atom is -0.494 e. The summed E-state index contributed by atoms with van der Waals surface area (Å²) in [6, 6.07) is 10.8. The van der Waals surface area contributed by atoms with Gasteiger partial charge in [-0.2, -0.15) is 5.10 Å². The van der Waals surface area contributed by atoms with Crippen LogP contribution in [0.5, 0.6) is 11.5 Å². The molecule has 0 radical (unpaired) electrons. The predicted molar refractivity (Wildman–Crippen MR) is 107 cm³/mol. The van der Waals surface area contributed by atoms with Crippen LogP contribution in [0.4, 0.5) is 5.69 Å². The summed E-state index contributed by atoms with van der Waals surface area (Å²) in [5, 5.41) is 15.2. The highest BCUT2D eigenvalue weighted by molar-refractivity contribution is 5.97. The summed E-state index contributed by atoms with van der Waals surface area (Å²) in [5.41, 5.74) is 3.32. The summed E-state index contributed by atoms with van der Waals surface area (Å²) in [4.78, 5) is 22.6. The molecule has 1 N–H and O–H groups in total. The Kier molecular flexibility index (Phi) is 6.08. The van der Waals surface area contributed by atoms with Crippen LogP contribution in [0.15, 0.2) is 52.0 Å². The van der Waals surface area contributed by atoms with Gasteiger partial charge in [0, 0.05) is 29.1 Å². The predicted octanol–water partition coefficient (Wildman–Crippen LogP) is 3.90. The van der Waals surface area contributed by atoms with Crippen molar-refractivity contribution in [3.05, 3.63) is 63.9 Å². The average molecular weight is 397 g/mol. The lowest BCUT2D eigenvalue weighted by atomic mass is 10.2. The van der Waals surface area contributed by atoms with Gasteiger partial charge in [-0.3, -0.25) is 14.9 Å². The maximum Gasteiger partial charge on any atom is 0.307 e. The van der Waals surface area contributed by atoms with Gasteiger partial charge in [-0.15, -0.1) is 0 Å². The highest BCUT2D eigenvalue weighted by Gasteiger charge is 2.14. The van der Waals surface area contributed by atoms with E-state index >= 15 is 0 Å². The number of hydrogen-bond acceptors (Lipinski definition) is 7. The molecule has 0 aliphatic heterocycles. The maximum absolute atomic E-state index is 12.3. The van der Waals surface area contributed by atoms with Gasteiger partial charge in [-0.25, -0.2) is 5.43 Å². The van der Waals surface area contributed by atoms with E-state index in [0.29, 0.717) is 41.2 Å². The molecule has 2 aromatic carbocycles. The highest BCUT2D eigenvalue weighted by atomic mass is 16.6. The molecule has 3 aromatic rings. The van der Waals surface area contributed by atoms with Crippen LogP contribution in [-0.4, -0.2) is 30.3 Å². The Morgan fingerprint density at radius 1 is 1.17 bits per heavy atom. The molecule has 0 atom stereocenters. The van der Waals surface area contributed by atoms with Crippen molar-refractivity contribution >= 4 is 28.8 Å². The van der Waals surface area contributed by atoms with Crippen molar-refractivity contribution in [3.63, 3.8) is 0 Å². The first-order valence-corrected chi connectivity index (χ1v) is 8.92. The van der Waals surface area contributed by atoms with Crippen LogP contribution in [-0.2, 0) is 0 Å². The molecule has 9 nitrogen and oxygen atoms in total. The molecule has 0 unspecified atom stereocenters. The van der Waals surface area contributed by atoms with E-state index in [9.17, 15) is 14.9 Å². The number of hydrazone groups is 1. The van der Waals surface area contributed by atoms with Crippen molar-refractivity contribution in [2.24, 2.45) is 5.10 Å². The number of nitro benzene ring substituents is 1. The molecule has 0 aliphatic rings. The average Bonchev–Trinajstić information content (AvgIpc) is 3.13. The van der Waals surface area contributed by atoms with E-state index in [1.807, 2.05) is 13.8 Å². The molecule has 0 aliphatic carbocycles. The normalized spacial score (nSPS) is 11.0. The van der Waals surface area contributed by atoms with E-state index in [1.54, 1.807) is 18.2 Å². The number of carbonyl (C=O) groups excluding carboxylic acids is 1. The Bertz CT molecular complexity index is 1070. The molecule has 0 bridgehead atoms. The van der Waals surface area contributed by atoms with E-state index in [0.717, 1.165) is 0 Å². The summed E-state index contributed by atoms with van der Waals surface area (Å²) < 4.78 is 16.5. The Balaban J connectivity index is 1.74. The number of nitrogens with zero attached hydrogens (tertiary/aromatic N) is 2. The number of benzene rings is 2. The van der Waals surface area contributed by atoms with Crippen LogP contribution in [0.2, 0.25) is 0 Å². The number of carbonyl (C=O) groups is 1. The summed E-state index contributed by atoms with van der Waals surface area (Å²) >= 11 is 0. The van der Waals surface area contributed by atoms with Crippen molar-refractivity contribution in [1.82, 2.24) is 5.43 Å². The first-order chi connectivity index (χ1) is 14.0.